The van der Waals surface area contributed by atoms with E-state index in [0.717, 1.165) is 55.7 Å². The summed E-state index contributed by atoms with van der Waals surface area (Å²) in [6.45, 7) is 10.7. The summed E-state index contributed by atoms with van der Waals surface area (Å²) in [4.78, 5) is 17.9. The zero-order chi connectivity index (χ0) is 27.5. The molecule has 5 rings (SSSR count). The summed E-state index contributed by atoms with van der Waals surface area (Å²) in [5.74, 6) is 0. The number of hydrogen-bond donors (Lipinski definition) is 0. The number of aryl methyl sites for hydroxylation is 1. The normalized spacial score (nSPS) is 22.8. The highest BCUT2D eigenvalue weighted by molar-refractivity contribution is 5.88. The van der Waals surface area contributed by atoms with E-state index in [1.54, 1.807) is 28.6 Å². The predicted molar refractivity (Wildman–Crippen MR) is 152 cm³/mol. The summed E-state index contributed by atoms with van der Waals surface area (Å²) in [6.07, 6.45) is 4.95. The van der Waals surface area contributed by atoms with Crippen molar-refractivity contribution in [1.82, 2.24) is 19.2 Å². The van der Waals surface area contributed by atoms with Crippen molar-refractivity contribution in [2.24, 2.45) is 7.05 Å². The molecule has 4 atom stereocenters. The first kappa shape index (κ1) is 27.4. The van der Waals surface area contributed by atoms with E-state index in [0.29, 0.717) is 19.3 Å². The molecule has 2 saturated heterocycles. The average molecular weight is 533 g/mol. The van der Waals surface area contributed by atoms with Gasteiger partial charge in [0.25, 0.3) is 5.56 Å². The van der Waals surface area contributed by atoms with Crippen LogP contribution in [0.25, 0.3) is 11.0 Å². The van der Waals surface area contributed by atoms with Crippen LogP contribution in [0.4, 0.5) is 5.69 Å². The number of nitriles is 1. The number of piperazine rings is 1. The molecule has 2 aromatic heterocycles. The third-order valence-electron chi connectivity index (χ3n) is 8.49. The van der Waals surface area contributed by atoms with Crippen molar-refractivity contribution in [3.05, 3.63) is 58.0 Å². The first-order chi connectivity index (χ1) is 18.9. The Morgan fingerprint density at radius 3 is 2.62 bits per heavy atom. The van der Waals surface area contributed by atoms with Gasteiger partial charge in [0.1, 0.15) is 12.1 Å². The summed E-state index contributed by atoms with van der Waals surface area (Å²) in [7, 11) is 1.76. The van der Waals surface area contributed by atoms with Gasteiger partial charge in [-0.25, -0.2) is 0 Å². The molecule has 0 bridgehead atoms. The minimum Gasteiger partial charge on any atom is -0.379 e. The molecule has 2 aliphatic heterocycles. The molecule has 0 amide bonds. The van der Waals surface area contributed by atoms with Crippen LogP contribution in [-0.2, 0) is 29.7 Å². The van der Waals surface area contributed by atoms with E-state index >= 15 is 0 Å². The van der Waals surface area contributed by atoms with Crippen molar-refractivity contribution in [3.63, 3.8) is 0 Å². The van der Waals surface area contributed by atoms with Crippen molar-refractivity contribution >= 4 is 16.7 Å². The highest BCUT2D eigenvalue weighted by Gasteiger charge is 2.36. The van der Waals surface area contributed by atoms with Crippen LogP contribution >= 0.6 is 0 Å². The van der Waals surface area contributed by atoms with Crippen LogP contribution in [0.2, 0.25) is 0 Å². The number of nitrogens with zero attached hydrogens (tertiary/aromatic N) is 6. The smallest absolute Gasteiger partial charge is 0.252 e. The van der Waals surface area contributed by atoms with Gasteiger partial charge >= 0.3 is 0 Å². The van der Waals surface area contributed by atoms with Gasteiger partial charge in [0.15, 0.2) is 0 Å². The van der Waals surface area contributed by atoms with Crippen LogP contribution in [-0.4, -0.2) is 63.7 Å². The van der Waals surface area contributed by atoms with Crippen molar-refractivity contribution in [1.29, 1.82) is 5.26 Å². The molecule has 0 aliphatic carbocycles. The van der Waals surface area contributed by atoms with Gasteiger partial charge in [-0.15, -0.1) is 0 Å². The first-order valence-corrected chi connectivity index (χ1v) is 14.2. The Balaban J connectivity index is 1.36. The summed E-state index contributed by atoms with van der Waals surface area (Å²) >= 11 is 0. The molecule has 0 saturated carbocycles. The predicted octanol–water partition coefficient (Wildman–Crippen LogP) is 4.00. The van der Waals surface area contributed by atoms with Crippen LogP contribution in [0.15, 0.2) is 41.3 Å². The third kappa shape index (κ3) is 5.60. The van der Waals surface area contributed by atoms with E-state index < -0.39 is 0 Å². The number of pyridine rings is 1. The van der Waals surface area contributed by atoms with Crippen LogP contribution < -0.4 is 10.5 Å². The maximum atomic E-state index is 12.9. The number of hydrogen-bond acceptors (Lipinski definition) is 7. The molecule has 0 radical (unpaired) electrons. The molecule has 2 fully saturated rings. The summed E-state index contributed by atoms with van der Waals surface area (Å²) in [5, 5.41) is 13.9. The lowest BCUT2D eigenvalue weighted by Gasteiger charge is -2.49. The summed E-state index contributed by atoms with van der Waals surface area (Å²) in [5.41, 5.74) is 4.85. The first-order valence-electron chi connectivity index (χ1n) is 14.2. The van der Waals surface area contributed by atoms with E-state index in [1.807, 2.05) is 0 Å². The van der Waals surface area contributed by atoms with Gasteiger partial charge in [-0.1, -0.05) is 38.1 Å². The second kappa shape index (κ2) is 11.9. The van der Waals surface area contributed by atoms with E-state index in [9.17, 15) is 10.1 Å². The number of benzene rings is 1. The lowest BCUT2D eigenvalue weighted by Crippen LogP contribution is -2.58. The molecule has 208 valence electrons. The minimum absolute atomic E-state index is 0.0581. The number of anilines is 1. The zero-order valence-corrected chi connectivity index (χ0v) is 23.5. The van der Waals surface area contributed by atoms with Crippen LogP contribution in [0.3, 0.4) is 0 Å². The van der Waals surface area contributed by atoms with Crippen LogP contribution in [0, 0.1) is 11.3 Å². The van der Waals surface area contributed by atoms with Gasteiger partial charge in [-0.3, -0.25) is 14.4 Å². The molecule has 3 aromatic rings. The second-order valence-electron chi connectivity index (χ2n) is 10.8. The Bertz CT molecular complexity index is 1370. The van der Waals surface area contributed by atoms with Crippen molar-refractivity contribution < 1.29 is 9.47 Å². The molecule has 9 nitrogen and oxygen atoms in total. The highest BCUT2D eigenvalue weighted by Crippen LogP contribution is 2.34. The Labute approximate surface area is 230 Å². The van der Waals surface area contributed by atoms with E-state index in [2.05, 4.69) is 60.9 Å². The Hall–Kier alpha value is -3.19. The standard InChI is InChI=1S/C30H40N6O3/c1-5-24-17-36(27-15-29(37)33(4)28-18-34(13-12-31)32-30(27)28)25(6-2)16-35(24)21(3)23-9-7-22(8-10-23)19-39-26-11-14-38-20-26/h7-10,15,18,21,24-26H,5-6,11,13-14,16-17,19-20H2,1-4H3/t21?,24-,25+,26?/m1/s1. The lowest BCUT2D eigenvalue weighted by atomic mass is 9.96. The molecule has 0 spiro atoms. The molecule has 1 aromatic carbocycles. The largest absolute Gasteiger partial charge is 0.379 e. The molecule has 0 N–H and O–H groups in total. The Morgan fingerprint density at radius 2 is 1.95 bits per heavy atom. The fourth-order valence-corrected chi connectivity index (χ4v) is 6.01. The Kier molecular flexibility index (Phi) is 8.36. The van der Waals surface area contributed by atoms with E-state index in [1.165, 1.54) is 11.1 Å². The molecule has 9 heteroatoms. The van der Waals surface area contributed by atoms with Crippen LogP contribution in [0.5, 0.6) is 0 Å². The lowest BCUT2D eigenvalue weighted by molar-refractivity contribution is 0.0317. The third-order valence-corrected chi connectivity index (χ3v) is 8.49. The fourth-order valence-electron chi connectivity index (χ4n) is 6.01. The SMILES string of the molecule is CC[C@H]1CN(C(C)c2ccc(COC3CCOC3)cc2)[C@H](CC)CN1c1cc(=O)n(C)c2cn(CC#N)nc12. The monoisotopic (exact) mass is 532 g/mol. The van der Waals surface area contributed by atoms with Crippen LogP contribution in [0.1, 0.15) is 57.2 Å². The average Bonchev–Trinajstić information content (AvgIpc) is 3.64. The number of aromatic nitrogens is 3. The molecule has 39 heavy (non-hydrogen) atoms. The summed E-state index contributed by atoms with van der Waals surface area (Å²) in [6, 6.07) is 13.6. The van der Waals surface area contributed by atoms with Crippen molar-refractivity contribution in [2.45, 2.75) is 77.4 Å². The molecular weight excluding hydrogens is 492 g/mol. The van der Waals surface area contributed by atoms with Gasteiger partial charge in [0.2, 0.25) is 0 Å². The number of rotatable bonds is 9. The van der Waals surface area contributed by atoms with E-state index in [4.69, 9.17) is 14.6 Å². The summed E-state index contributed by atoms with van der Waals surface area (Å²) < 4.78 is 14.7. The number of fused-ring (bicyclic) bond motifs is 1. The topological polar surface area (TPSA) is 88.5 Å². The van der Waals surface area contributed by atoms with Crippen molar-refractivity contribution in [3.8, 4) is 6.07 Å². The van der Waals surface area contributed by atoms with Gasteiger partial charge in [0.05, 0.1) is 42.8 Å². The van der Waals surface area contributed by atoms with Gasteiger partial charge < -0.3 is 18.9 Å². The Morgan fingerprint density at radius 1 is 1.18 bits per heavy atom. The minimum atomic E-state index is -0.0581. The molecule has 2 unspecified atom stereocenters. The van der Waals surface area contributed by atoms with Crippen molar-refractivity contribution in [2.75, 3.05) is 31.2 Å². The second-order valence-corrected chi connectivity index (χ2v) is 10.8. The molecule has 2 aliphatic rings. The van der Waals surface area contributed by atoms with Gasteiger partial charge in [0, 0.05) is 50.9 Å². The van der Waals surface area contributed by atoms with Gasteiger partial charge in [-0.05, 0) is 37.3 Å². The number of ether oxygens (including phenoxy) is 2. The molecule has 4 heterocycles. The van der Waals surface area contributed by atoms with E-state index in [-0.39, 0.29) is 30.3 Å². The van der Waals surface area contributed by atoms with Gasteiger partial charge in [-0.2, -0.15) is 10.4 Å². The maximum Gasteiger partial charge on any atom is 0.252 e. The molecular formula is C30H40N6O3. The zero-order valence-electron chi connectivity index (χ0n) is 23.5. The maximum absolute atomic E-state index is 12.9. The quantitative estimate of drug-likeness (QED) is 0.412. The fraction of sp³-hybridized carbons (Fsp3) is 0.567. The highest BCUT2D eigenvalue weighted by atomic mass is 16.5.